The van der Waals surface area contributed by atoms with Gasteiger partial charge in [0.05, 0.1) is 15.6 Å². The monoisotopic (exact) mass is 578 g/mol. The maximum atomic E-state index is 15.4. The van der Waals surface area contributed by atoms with Crippen molar-refractivity contribution in [2.24, 2.45) is 0 Å². The zero-order valence-corrected chi connectivity index (χ0v) is 22.7. The Morgan fingerprint density at radius 3 is 2.45 bits per heavy atom. The fourth-order valence-electron chi connectivity index (χ4n) is 3.66. The lowest BCUT2D eigenvalue weighted by Crippen LogP contribution is -2.25. The number of halogens is 3. The number of fused-ring (bicyclic) bond motifs is 1. The Labute approximate surface area is 227 Å². The number of sulfonamides is 1. The molecule has 38 heavy (non-hydrogen) atoms. The Hall–Kier alpha value is -3.60. The number of carbonyl (C=O) groups is 1. The van der Waals surface area contributed by atoms with Gasteiger partial charge in [-0.1, -0.05) is 35.3 Å². The second-order valence-corrected chi connectivity index (χ2v) is 11.1. The van der Waals surface area contributed by atoms with E-state index >= 15 is 4.39 Å². The average Bonchev–Trinajstić information content (AvgIpc) is 2.85. The molecule has 0 aliphatic carbocycles. The van der Waals surface area contributed by atoms with Crippen molar-refractivity contribution in [3.8, 4) is 5.75 Å². The number of hydrogen-bond acceptors (Lipinski definition) is 6. The average molecular weight is 579 g/mol. The van der Waals surface area contributed by atoms with Crippen molar-refractivity contribution in [1.82, 2.24) is 4.90 Å². The van der Waals surface area contributed by atoms with Crippen molar-refractivity contribution in [3.05, 3.63) is 97.6 Å². The molecule has 198 valence electrons. The number of benzene rings is 3. The van der Waals surface area contributed by atoms with Crippen LogP contribution in [0.15, 0.2) is 68.7 Å². The van der Waals surface area contributed by atoms with Crippen LogP contribution in [0.1, 0.15) is 16.7 Å². The zero-order chi connectivity index (χ0) is 27.8. The molecular formula is C26H21Cl2FN2O6S. The number of anilines is 1. The highest BCUT2D eigenvalue weighted by Crippen LogP contribution is 2.33. The minimum atomic E-state index is -4.09. The Morgan fingerprint density at radius 2 is 1.79 bits per heavy atom. The summed E-state index contributed by atoms with van der Waals surface area (Å²) in [5.74, 6) is -0.826. The summed E-state index contributed by atoms with van der Waals surface area (Å²) in [5, 5.41) is 0.934. The van der Waals surface area contributed by atoms with Gasteiger partial charge >= 0.3 is 11.7 Å². The molecule has 0 unspecified atom stereocenters. The molecule has 1 N–H and O–H groups in total. The Balaban J connectivity index is 1.68. The molecule has 0 saturated heterocycles. The number of aryl methyl sites for hydroxylation is 1. The van der Waals surface area contributed by atoms with Gasteiger partial charge in [0.25, 0.3) is 10.0 Å². The molecule has 0 spiro atoms. The van der Waals surface area contributed by atoms with Crippen LogP contribution in [-0.2, 0) is 16.4 Å². The molecule has 1 aromatic heterocycles. The molecule has 4 aromatic rings. The lowest BCUT2D eigenvalue weighted by atomic mass is 9.99. The van der Waals surface area contributed by atoms with Gasteiger partial charge in [-0.05, 0) is 54.4 Å². The van der Waals surface area contributed by atoms with Gasteiger partial charge < -0.3 is 14.1 Å². The van der Waals surface area contributed by atoms with Gasteiger partial charge in [-0.3, -0.25) is 4.72 Å². The van der Waals surface area contributed by atoms with E-state index in [1.165, 1.54) is 73.6 Å². The number of carbonyl (C=O) groups excluding carboxylic acids is 1. The highest BCUT2D eigenvalue weighted by molar-refractivity contribution is 7.92. The third-order valence-electron chi connectivity index (χ3n) is 5.72. The van der Waals surface area contributed by atoms with Crippen LogP contribution < -0.4 is 15.1 Å². The fraction of sp³-hybridized carbons (Fsp3) is 0.154. The maximum absolute atomic E-state index is 15.4. The van der Waals surface area contributed by atoms with Gasteiger partial charge in [-0.2, -0.15) is 0 Å². The standard InChI is InChI=1S/C26H21Cl2FN2O6S/c1-14-18-12-20(28)23(37-26(33)31(2)3)13-22(18)36-25(32)19(14)11-15-5-4-6-21(24(15)29)30-38(34,35)17-9-7-16(27)8-10-17/h4-10,12-13,30H,11H2,1-3H3. The molecule has 0 saturated carbocycles. The number of amides is 1. The molecule has 0 aliphatic heterocycles. The minimum absolute atomic E-state index is 0.0138. The van der Waals surface area contributed by atoms with Crippen molar-refractivity contribution in [2.75, 3.05) is 18.8 Å². The van der Waals surface area contributed by atoms with Crippen LogP contribution in [0.5, 0.6) is 5.75 Å². The topological polar surface area (TPSA) is 106 Å². The molecule has 1 heterocycles. The van der Waals surface area contributed by atoms with Crippen molar-refractivity contribution in [3.63, 3.8) is 0 Å². The first-order valence-electron chi connectivity index (χ1n) is 11.1. The first-order valence-corrected chi connectivity index (χ1v) is 13.3. The predicted octanol–water partition coefficient (Wildman–Crippen LogP) is 6.00. The third-order valence-corrected chi connectivity index (χ3v) is 7.65. The SMILES string of the molecule is Cc1c(Cc2cccc(NS(=O)(=O)c3ccc(Cl)cc3)c2F)c(=O)oc2cc(OC(=O)N(C)C)c(Cl)cc12. The second kappa shape index (κ2) is 10.6. The van der Waals surface area contributed by atoms with E-state index in [4.69, 9.17) is 32.4 Å². The van der Waals surface area contributed by atoms with Gasteiger partial charge in [-0.25, -0.2) is 22.4 Å². The van der Waals surface area contributed by atoms with Crippen LogP contribution in [0.2, 0.25) is 10.0 Å². The van der Waals surface area contributed by atoms with Crippen molar-refractivity contribution in [1.29, 1.82) is 0 Å². The van der Waals surface area contributed by atoms with E-state index < -0.39 is 27.6 Å². The lowest BCUT2D eigenvalue weighted by molar-refractivity contribution is 0.172. The molecule has 4 rings (SSSR count). The van der Waals surface area contributed by atoms with Crippen molar-refractivity contribution >= 4 is 56.0 Å². The predicted molar refractivity (Wildman–Crippen MR) is 143 cm³/mol. The minimum Gasteiger partial charge on any atom is -0.422 e. The second-order valence-electron chi connectivity index (χ2n) is 8.55. The normalized spacial score (nSPS) is 11.4. The number of nitrogens with zero attached hydrogens (tertiary/aromatic N) is 1. The van der Waals surface area contributed by atoms with Crippen LogP contribution in [-0.4, -0.2) is 33.5 Å². The highest BCUT2D eigenvalue weighted by atomic mass is 35.5. The summed E-state index contributed by atoms with van der Waals surface area (Å²) in [6.07, 6.45) is -0.842. The summed E-state index contributed by atoms with van der Waals surface area (Å²) in [4.78, 5) is 25.9. The Kier molecular flexibility index (Phi) is 7.68. The van der Waals surface area contributed by atoms with E-state index in [1.807, 2.05) is 0 Å². The summed E-state index contributed by atoms with van der Waals surface area (Å²) >= 11 is 12.1. The number of rotatable bonds is 6. The molecule has 0 radical (unpaired) electrons. The molecule has 0 fully saturated rings. The molecule has 0 bridgehead atoms. The molecule has 12 heteroatoms. The van der Waals surface area contributed by atoms with Gasteiger partial charge in [0.2, 0.25) is 0 Å². The van der Waals surface area contributed by atoms with E-state index in [0.29, 0.717) is 16.0 Å². The Morgan fingerprint density at radius 1 is 1.11 bits per heavy atom. The Bertz CT molecular complexity index is 1720. The molecule has 8 nitrogen and oxygen atoms in total. The zero-order valence-electron chi connectivity index (χ0n) is 20.3. The molecule has 1 amide bonds. The summed E-state index contributed by atoms with van der Waals surface area (Å²) in [6, 6.07) is 12.4. The number of ether oxygens (including phenoxy) is 1. The molecule has 0 aliphatic rings. The maximum Gasteiger partial charge on any atom is 0.414 e. The number of nitrogens with one attached hydrogen (secondary N) is 1. The van der Waals surface area contributed by atoms with E-state index in [2.05, 4.69) is 4.72 Å². The van der Waals surface area contributed by atoms with E-state index in [1.54, 1.807) is 6.92 Å². The summed E-state index contributed by atoms with van der Waals surface area (Å²) in [5.41, 5.74) is -0.173. The van der Waals surface area contributed by atoms with E-state index in [-0.39, 0.29) is 44.5 Å². The highest BCUT2D eigenvalue weighted by Gasteiger charge is 2.21. The lowest BCUT2D eigenvalue weighted by Gasteiger charge is -2.14. The molecule has 3 aromatic carbocycles. The summed E-state index contributed by atoms with van der Waals surface area (Å²) in [6.45, 7) is 1.65. The molecular weight excluding hydrogens is 558 g/mol. The van der Waals surface area contributed by atoms with Crippen LogP contribution in [0.25, 0.3) is 11.0 Å². The van der Waals surface area contributed by atoms with Crippen LogP contribution in [0.4, 0.5) is 14.9 Å². The van der Waals surface area contributed by atoms with Gasteiger partial charge in [0.15, 0.2) is 11.6 Å². The first kappa shape index (κ1) is 27.4. The van der Waals surface area contributed by atoms with Crippen LogP contribution in [0.3, 0.4) is 0 Å². The van der Waals surface area contributed by atoms with Crippen LogP contribution >= 0.6 is 23.2 Å². The fourth-order valence-corrected chi connectivity index (χ4v) is 5.05. The van der Waals surface area contributed by atoms with E-state index in [0.717, 1.165) is 0 Å². The van der Waals surface area contributed by atoms with Gasteiger partial charge in [0.1, 0.15) is 5.58 Å². The van der Waals surface area contributed by atoms with Crippen molar-refractivity contribution in [2.45, 2.75) is 18.2 Å². The van der Waals surface area contributed by atoms with Gasteiger partial charge in [0, 0.05) is 42.6 Å². The van der Waals surface area contributed by atoms with E-state index in [9.17, 15) is 18.0 Å². The summed E-state index contributed by atoms with van der Waals surface area (Å²) in [7, 11) is -1.08. The quantitative estimate of drug-likeness (QED) is 0.281. The first-order chi connectivity index (χ1) is 17.9. The number of hydrogen-bond donors (Lipinski definition) is 1. The molecule has 0 atom stereocenters. The van der Waals surface area contributed by atoms with Crippen molar-refractivity contribution < 1.29 is 26.8 Å². The van der Waals surface area contributed by atoms with Crippen LogP contribution in [0, 0.1) is 12.7 Å². The largest absolute Gasteiger partial charge is 0.422 e. The van der Waals surface area contributed by atoms with Gasteiger partial charge in [-0.15, -0.1) is 0 Å². The summed E-state index contributed by atoms with van der Waals surface area (Å²) < 4.78 is 53.7. The third kappa shape index (κ3) is 5.62. The smallest absolute Gasteiger partial charge is 0.414 e.